The quantitative estimate of drug-likeness (QED) is 0.786. The van der Waals surface area contributed by atoms with Crippen molar-refractivity contribution in [2.24, 2.45) is 0 Å². The normalized spacial score (nSPS) is 13.9. The molecule has 1 aliphatic carbocycles. The van der Waals surface area contributed by atoms with E-state index >= 15 is 0 Å². The molecule has 2 aromatic rings. The number of nitrogens with zero attached hydrogens (tertiary/aromatic N) is 1. The van der Waals surface area contributed by atoms with Crippen molar-refractivity contribution in [2.75, 3.05) is 0 Å². The minimum absolute atomic E-state index is 0.0960. The van der Waals surface area contributed by atoms with Crippen LogP contribution in [-0.4, -0.2) is 10.8 Å². The third kappa shape index (κ3) is 1.45. The van der Waals surface area contributed by atoms with Gasteiger partial charge in [0.1, 0.15) is 0 Å². The van der Waals surface area contributed by atoms with E-state index in [0.29, 0.717) is 16.3 Å². The van der Waals surface area contributed by atoms with Crippen molar-refractivity contribution in [1.29, 1.82) is 0 Å². The van der Waals surface area contributed by atoms with Gasteiger partial charge in [-0.15, -0.1) is 0 Å². The minimum atomic E-state index is -0.348. The second-order valence-corrected chi connectivity index (χ2v) is 4.32. The summed E-state index contributed by atoms with van der Waals surface area (Å²) in [4.78, 5) is 16.3. The minimum Gasteiger partial charge on any atom is -0.871 e. The van der Waals surface area contributed by atoms with Crippen LogP contribution < -0.4 is 5.11 Å². The Labute approximate surface area is 108 Å². The summed E-state index contributed by atoms with van der Waals surface area (Å²) in [5.74, 6) is -0.657. The monoisotopic (exact) mass is 256 g/mol. The van der Waals surface area contributed by atoms with Crippen LogP contribution in [0.5, 0.6) is 0 Å². The van der Waals surface area contributed by atoms with Crippen LogP contribution in [-0.2, 0) is 0 Å². The summed E-state index contributed by atoms with van der Waals surface area (Å²) < 4.78 is 0. The zero-order valence-electron chi connectivity index (χ0n) is 9.18. The number of pyridine rings is 1. The first kappa shape index (κ1) is 11.0. The van der Waals surface area contributed by atoms with Crippen molar-refractivity contribution in [1.82, 2.24) is 4.98 Å². The summed E-state index contributed by atoms with van der Waals surface area (Å²) in [7, 11) is 0. The molecule has 0 spiro atoms. The zero-order chi connectivity index (χ0) is 12.7. The summed E-state index contributed by atoms with van der Waals surface area (Å²) in [6.45, 7) is 0. The molecule has 0 atom stereocenters. The summed E-state index contributed by atoms with van der Waals surface area (Å²) in [5.41, 5.74) is 1.12. The van der Waals surface area contributed by atoms with Gasteiger partial charge >= 0.3 is 0 Å². The highest BCUT2D eigenvalue weighted by molar-refractivity contribution is 6.44. The first-order valence-electron chi connectivity index (χ1n) is 5.36. The number of fused-ring (bicyclic) bond motifs is 1. The maximum atomic E-state index is 12.2. The number of hydrogen-bond donors (Lipinski definition) is 0. The molecule has 88 valence electrons. The summed E-state index contributed by atoms with van der Waals surface area (Å²) in [6.07, 6.45) is 1.55. The van der Waals surface area contributed by atoms with Crippen LogP contribution in [0.1, 0.15) is 21.6 Å². The molecule has 0 unspecified atom stereocenters. The molecule has 1 aromatic carbocycles. The largest absolute Gasteiger partial charge is 0.871 e. The lowest BCUT2D eigenvalue weighted by Crippen LogP contribution is -2.04. The van der Waals surface area contributed by atoms with Crippen LogP contribution >= 0.6 is 11.6 Å². The number of Topliss-reactive ketones (excluding diaryl/α,β-unsaturated/α-hetero) is 1. The number of rotatable bonds is 1. The van der Waals surface area contributed by atoms with E-state index in [1.807, 2.05) is 0 Å². The Balaban J connectivity index is 2.24. The highest BCUT2D eigenvalue weighted by Crippen LogP contribution is 2.37. The van der Waals surface area contributed by atoms with Gasteiger partial charge in [-0.3, -0.25) is 9.78 Å². The summed E-state index contributed by atoms with van der Waals surface area (Å²) in [5, 5.41) is 12.5. The molecule has 0 radical (unpaired) electrons. The van der Waals surface area contributed by atoms with Crippen LogP contribution in [0, 0.1) is 0 Å². The van der Waals surface area contributed by atoms with Crippen LogP contribution in [0.3, 0.4) is 0 Å². The van der Waals surface area contributed by atoms with Crippen LogP contribution in [0.4, 0.5) is 0 Å². The smallest absolute Gasteiger partial charge is 0.196 e. The van der Waals surface area contributed by atoms with Crippen molar-refractivity contribution in [3.05, 3.63) is 64.4 Å². The van der Waals surface area contributed by atoms with Crippen molar-refractivity contribution in [3.63, 3.8) is 0 Å². The average molecular weight is 257 g/mol. The molecule has 0 bridgehead atoms. The van der Waals surface area contributed by atoms with Gasteiger partial charge in [0.25, 0.3) is 0 Å². The number of hydrogen-bond acceptors (Lipinski definition) is 3. The molecule has 0 saturated heterocycles. The van der Waals surface area contributed by atoms with E-state index in [4.69, 9.17) is 11.6 Å². The van der Waals surface area contributed by atoms with Crippen molar-refractivity contribution >= 4 is 28.7 Å². The third-order valence-electron chi connectivity index (χ3n) is 2.86. The van der Waals surface area contributed by atoms with Gasteiger partial charge in [0.15, 0.2) is 5.78 Å². The standard InChI is InChI=1S/C14H8ClNO2/c15-9-5-3-4-8-11(9)14(18)12(13(8)17)10-6-1-2-7-16-10/h1-7,17H/p-1. The third-order valence-corrected chi connectivity index (χ3v) is 3.18. The van der Waals surface area contributed by atoms with Gasteiger partial charge in [0.2, 0.25) is 0 Å². The van der Waals surface area contributed by atoms with Gasteiger partial charge < -0.3 is 5.11 Å². The van der Waals surface area contributed by atoms with Crippen molar-refractivity contribution in [2.45, 2.75) is 0 Å². The van der Waals surface area contributed by atoms with E-state index in [-0.39, 0.29) is 22.7 Å². The van der Waals surface area contributed by atoms with Crippen LogP contribution in [0.2, 0.25) is 5.02 Å². The Morgan fingerprint density at radius 3 is 2.61 bits per heavy atom. The summed E-state index contributed by atoms with van der Waals surface area (Å²) >= 11 is 5.98. The summed E-state index contributed by atoms with van der Waals surface area (Å²) in [6, 6.07) is 9.98. The van der Waals surface area contributed by atoms with E-state index in [9.17, 15) is 9.90 Å². The fourth-order valence-electron chi connectivity index (χ4n) is 2.05. The molecule has 18 heavy (non-hydrogen) atoms. The Hall–Kier alpha value is -2.13. The fourth-order valence-corrected chi connectivity index (χ4v) is 2.31. The SMILES string of the molecule is O=C1C(c2ccccn2)=C([O-])c2cccc(Cl)c21. The number of benzene rings is 1. The molecule has 0 fully saturated rings. The Morgan fingerprint density at radius 1 is 1.11 bits per heavy atom. The maximum Gasteiger partial charge on any atom is 0.196 e. The molecule has 3 rings (SSSR count). The predicted octanol–water partition coefficient (Wildman–Crippen LogP) is 2.16. The second-order valence-electron chi connectivity index (χ2n) is 3.91. The van der Waals surface area contributed by atoms with E-state index in [1.165, 1.54) is 0 Å². The number of allylic oxidation sites excluding steroid dienone is 1. The highest BCUT2D eigenvalue weighted by atomic mass is 35.5. The number of halogens is 1. The van der Waals surface area contributed by atoms with E-state index < -0.39 is 0 Å². The topological polar surface area (TPSA) is 53.0 Å². The fraction of sp³-hybridized carbons (Fsp3) is 0. The first-order valence-corrected chi connectivity index (χ1v) is 5.74. The number of ketones is 1. The molecule has 0 aliphatic heterocycles. The lowest BCUT2D eigenvalue weighted by Gasteiger charge is -2.10. The Morgan fingerprint density at radius 2 is 1.94 bits per heavy atom. The zero-order valence-corrected chi connectivity index (χ0v) is 9.94. The van der Waals surface area contributed by atoms with Crippen molar-refractivity contribution < 1.29 is 9.90 Å². The molecule has 0 N–H and O–H groups in total. The molecular weight excluding hydrogens is 250 g/mol. The number of aromatic nitrogens is 1. The highest BCUT2D eigenvalue weighted by Gasteiger charge is 2.28. The lowest BCUT2D eigenvalue weighted by atomic mass is 10.1. The van der Waals surface area contributed by atoms with Gasteiger partial charge in [0, 0.05) is 17.3 Å². The predicted molar refractivity (Wildman–Crippen MR) is 66.8 cm³/mol. The van der Waals surface area contributed by atoms with E-state index in [0.717, 1.165) is 0 Å². The van der Waals surface area contributed by atoms with Gasteiger partial charge in [-0.25, -0.2) is 0 Å². The maximum absolute atomic E-state index is 12.2. The molecule has 1 aromatic heterocycles. The van der Waals surface area contributed by atoms with Gasteiger partial charge in [-0.2, -0.15) is 0 Å². The average Bonchev–Trinajstić information content (AvgIpc) is 2.64. The Kier molecular flexibility index (Phi) is 2.42. The van der Waals surface area contributed by atoms with Gasteiger partial charge in [-0.05, 0) is 23.8 Å². The molecular formula is C14H7ClNO2-. The molecule has 1 heterocycles. The van der Waals surface area contributed by atoms with E-state index in [1.54, 1.807) is 42.6 Å². The Bertz CT molecular complexity index is 677. The first-order chi connectivity index (χ1) is 8.70. The van der Waals surface area contributed by atoms with Crippen molar-refractivity contribution in [3.8, 4) is 0 Å². The van der Waals surface area contributed by atoms with Gasteiger partial charge in [0.05, 0.1) is 10.7 Å². The number of carbonyl (C=O) groups is 1. The van der Waals surface area contributed by atoms with Crippen LogP contribution in [0.15, 0.2) is 42.6 Å². The lowest BCUT2D eigenvalue weighted by molar-refractivity contribution is -0.242. The molecule has 0 amide bonds. The second kappa shape index (κ2) is 3.96. The van der Waals surface area contributed by atoms with E-state index in [2.05, 4.69) is 4.98 Å². The molecule has 3 nitrogen and oxygen atoms in total. The molecule has 0 saturated carbocycles. The number of carbonyl (C=O) groups excluding carboxylic acids is 1. The molecule has 4 heteroatoms. The van der Waals surface area contributed by atoms with Crippen LogP contribution in [0.25, 0.3) is 11.3 Å². The molecule has 1 aliphatic rings. The van der Waals surface area contributed by atoms with Gasteiger partial charge in [-0.1, -0.05) is 35.6 Å².